The van der Waals surface area contributed by atoms with Gasteiger partial charge < -0.3 is 10.6 Å². The minimum Gasteiger partial charge on any atom is -0.342 e. The van der Waals surface area contributed by atoms with Crippen LogP contribution in [0, 0.1) is 11.8 Å². The molecule has 0 aromatic heterocycles. The monoisotopic (exact) mass is 252 g/mol. The van der Waals surface area contributed by atoms with Crippen LogP contribution < -0.4 is 5.73 Å². The van der Waals surface area contributed by atoms with Gasteiger partial charge in [-0.25, -0.2) is 0 Å². The molecule has 0 saturated carbocycles. The summed E-state index contributed by atoms with van der Waals surface area (Å²) in [5.74, 6) is -1.48. The van der Waals surface area contributed by atoms with E-state index in [0.717, 1.165) is 6.42 Å². The Kier molecular flexibility index (Phi) is 4.80. The fraction of sp³-hybridized carbons (Fsp3) is 0.909. The molecular formula is C11H19F3N2O. The third-order valence-corrected chi connectivity index (χ3v) is 3.38. The van der Waals surface area contributed by atoms with Gasteiger partial charge in [-0.15, -0.1) is 0 Å². The van der Waals surface area contributed by atoms with E-state index in [0.29, 0.717) is 6.54 Å². The predicted octanol–water partition coefficient (Wildman–Crippen LogP) is 1.77. The molecule has 0 aliphatic carbocycles. The zero-order valence-electron chi connectivity index (χ0n) is 9.96. The first-order valence-corrected chi connectivity index (χ1v) is 5.93. The summed E-state index contributed by atoms with van der Waals surface area (Å²) in [6.07, 6.45) is -3.13. The molecule has 1 rings (SSSR count). The van der Waals surface area contributed by atoms with E-state index >= 15 is 0 Å². The third kappa shape index (κ3) is 3.87. The summed E-state index contributed by atoms with van der Waals surface area (Å²) in [4.78, 5) is 13.1. The molecule has 1 fully saturated rings. The Labute approximate surface area is 99.1 Å². The molecule has 0 aromatic carbocycles. The average molecular weight is 252 g/mol. The Bertz CT molecular complexity index is 264. The minimum absolute atomic E-state index is 0.0225. The number of amides is 1. The van der Waals surface area contributed by atoms with Crippen molar-refractivity contribution < 1.29 is 18.0 Å². The highest BCUT2D eigenvalue weighted by atomic mass is 19.4. The topological polar surface area (TPSA) is 46.3 Å². The fourth-order valence-electron chi connectivity index (χ4n) is 2.02. The Morgan fingerprint density at radius 1 is 1.53 bits per heavy atom. The van der Waals surface area contributed by atoms with Crippen LogP contribution in [0.5, 0.6) is 0 Å². The molecule has 0 aromatic rings. The summed E-state index contributed by atoms with van der Waals surface area (Å²) in [6.45, 7) is 2.35. The lowest BCUT2D eigenvalue weighted by atomic mass is 10.0. The van der Waals surface area contributed by atoms with E-state index in [-0.39, 0.29) is 37.8 Å². The molecule has 1 aliphatic rings. The smallest absolute Gasteiger partial charge is 0.342 e. The van der Waals surface area contributed by atoms with Gasteiger partial charge >= 0.3 is 6.18 Å². The Morgan fingerprint density at radius 3 is 2.59 bits per heavy atom. The molecular weight excluding hydrogens is 233 g/mol. The van der Waals surface area contributed by atoms with Crippen molar-refractivity contribution in [1.82, 2.24) is 4.90 Å². The van der Waals surface area contributed by atoms with Gasteiger partial charge in [0.05, 0.1) is 5.92 Å². The number of halogens is 3. The van der Waals surface area contributed by atoms with Gasteiger partial charge in [0.2, 0.25) is 5.91 Å². The molecule has 0 bridgehead atoms. The minimum atomic E-state index is -4.19. The molecule has 0 radical (unpaired) electrons. The highest BCUT2D eigenvalue weighted by Crippen LogP contribution is 2.33. The van der Waals surface area contributed by atoms with Crippen LogP contribution in [0.3, 0.4) is 0 Å². The number of likely N-dealkylation sites (tertiary alicyclic amines) is 1. The van der Waals surface area contributed by atoms with E-state index in [1.54, 1.807) is 0 Å². The van der Waals surface area contributed by atoms with Crippen molar-refractivity contribution in [2.75, 3.05) is 19.6 Å². The lowest BCUT2D eigenvalue weighted by Crippen LogP contribution is -2.33. The zero-order chi connectivity index (χ0) is 13.1. The molecule has 6 heteroatoms. The van der Waals surface area contributed by atoms with Crippen molar-refractivity contribution in [2.45, 2.75) is 32.4 Å². The standard InChI is InChI=1S/C11H19F3N2O/c1-2-8(6-15)5-10(17)16-4-3-9(7-16)11(12,13)14/h8-9H,2-7,15H2,1H3. The van der Waals surface area contributed by atoms with Gasteiger partial charge in [0.15, 0.2) is 0 Å². The van der Waals surface area contributed by atoms with Crippen molar-refractivity contribution in [3.63, 3.8) is 0 Å². The van der Waals surface area contributed by atoms with Gasteiger partial charge in [-0.1, -0.05) is 13.3 Å². The normalized spacial score (nSPS) is 22.9. The maximum absolute atomic E-state index is 12.4. The maximum Gasteiger partial charge on any atom is 0.393 e. The zero-order valence-corrected chi connectivity index (χ0v) is 9.96. The van der Waals surface area contributed by atoms with Gasteiger partial charge in [0.25, 0.3) is 0 Å². The van der Waals surface area contributed by atoms with Crippen molar-refractivity contribution >= 4 is 5.91 Å². The molecule has 3 nitrogen and oxygen atoms in total. The van der Waals surface area contributed by atoms with Crippen molar-refractivity contribution in [3.8, 4) is 0 Å². The summed E-state index contributed by atoms with van der Waals surface area (Å²) in [7, 11) is 0. The van der Waals surface area contributed by atoms with E-state index in [1.807, 2.05) is 6.92 Å². The SMILES string of the molecule is CCC(CN)CC(=O)N1CCC(C(F)(F)F)C1. The van der Waals surface area contributed by atoms with Gasteiger partial charge in [-0.2, -0.15) is 13.2 Å². The first kappa shape index (κ1) is 14.3. The first-order valence-electron chi connectivity index (χ1n) is 5.93. The highest BCUT2D eigenvalue weighted by Gasteiger charge is 2.44. The maximum atomic E-state index is 12.4. The second-order valence-corrected chi connectivity index (χ2v) is 4.58. The molecule has 0 spiro atoms. The van der Waals surface area contributed by atoms with Crippen LogP contribution in [0.2, 0.25) is 0 Å². The quantitative estimate of drug-likeness (QED) is 0.829. The molecule has 2 unspecified atom stereocenters. The third-order valence-electron chi connectivity index (χ3n) is 3.38. The molecule has 1 saturated heterocycles. The van der Waals surface area contributed by atoms with Gasteiger partial charge in [-0.05, 0) is 18.9 Å². The molecule has 2 N–H and O–H groups in total. The van der Waals surface area contributed by atoms with Crippen molar-refractivity contribution in [1.29, 1.82) is 0 Å². The Hall–Kier alpha value is -0.780. The number of hydrogen-bond acceptors (Lipinski definition) is 2. The molecule has 17 heavy (non-hydrogen) atoms. The van der Waals surface area contributed by atoms with E-state index in [4.69, 9.17) is 5.73 Å². The lowest BCUT2D eigenvalue weighted by molar-refractivity contribution is -0.171. The predicted molar refractivity (Wildman–Crippen MR) is 58.2 cm³/mol. The Balaban J connectivity index is 2.45. The largest absolute Gasteiger partial charge is 0.393 e. The van der Waals surface area contributed by atoms with Crippen LogP contribution in [-0.4, -0.2) is 36.6 Å². The summed E-state index contributed by atoms with van der Waals surface area (Å²) >= 11 is 0. The van der Waals surface area contributed by atoms with Crippen LogP contribution >= 0.6 is 0 Å². The fourth-order valence-corrected chi connectivity index (χ4v) is 2.02. The first-order chi connectivity index (χ1) is 7.88. The number of rotatable bonds is 4. The van der Waals surface area contributed by atoms with Crippen molar-refractivity contribution in [3.05, 3.63) is 0 Å². The van der Waals surface area contributed by atoms with E-state index in [2.05, 4.69) is 0 Å². The Morgan fingerprint density at radius 2 is 2.18 bits per heavy atom. The van der Waals surface area contributed by atoms with Gasteiger partial charge in [-0.3, -0.25) is 4.79 Å². The van der Waals surface area contributed by atoms with Crippen LogP contribution in [0.1, 0.15) is 26.2 Å². The summed E-state index contributed by atoms with van der Waals surface area (Å²) in [5.41, 5.74) is 5.48. The summed E-state index contributed by atoms with van der Waals surface area (Å²) < 4.78 is 37.3. The van der Waals surface area contributed by atoms with E-state index < -0.39 is 12.1 Å². The molecule has 100 valence electrons. The van der Waals surface area contributed by atoms with Crippen LogP contribution in [0.4, 0.5) is 13.2 Å². The van der Waals surface area contributed by atoms with Crippen LogP contribution in [0.15, 0.2) is 0 Å². The summed E-state index contributed by atoms with van der Waals surface area (Å²) in [6, 6.07) is 0. The van der Waals surface area contributed by atoms with E-state index in [1.165, 1.54) is 4.90 Å². The number of carbonyl (C=O) groups excluding carboxylic acids is 1. The second-order valence-electron chi connectivity index (χ2n) is 4.58. The average Bonchev–Trinajstić information content (AvgIpc) is 2.74. The number of alkyl halides is 3. The summed E-state index contributed by atoms with van der Waals surface area (Å²) in [5, 5.41) is 0. The molecule has 2 atom stereocenters. The number of carbonyl (C=O) groups is 1. The van der Waals surface area contributed by atoms with Gasteiger partial charge in [0, 0.05) is 19.5 Å². The number of hydrogen-bond donors (Lipinski definition) is 1. The van der Waals surface area contributed by atoms with Crippen LogP contribution in [0.25, 0.3) is 0 Å². The second kappa shape index (κ2) is 5.71. The van der Waals surface area contributed by atoms with Gasteiger partial charge in [0.1, 0.15) is 0 Å². The van der Waals surface area contributed by atoms with Crippen molar-refractivity contribution in [2.24, 2.45) is 17.6 Å². The molecule has 1 heterocycles. The molecule has 1 amide bonds. The highest BCUT2D eigenvalue weighted by molar-refractivity contribution is 5.76. The lowest BCUT2D eigenvalue weighted by Gasteiger charge is -2.20. The van der Waals surface area contributed by atoms with Crippen LogP contribution in [-0.2, 0) is 4.79 Å². The number of nitrogens with zero attached hydrogens (tertiary/aromatic N) is 1. The van der Waals surface area contributed by atoms with E-state index in [9.17, 15) is 18.0 Å². The molecule has 1 aliphatic heterocycles. The number of nitrogens with two attached hydrogens (primary N) is 1.